The van der Waals surface area contributed by atoms with Crippen molar-refractivity contribution in [1.82, 2.24) is 0 Å². The molecule has 0 N–H and O–H groups in total. The molecule has 29 heavy (non-hydrogen) atoms. The Kier molecular flexibility index (Phi) is 10.9. The van der Waals surface area contributed by atoms with Crippen LogP contribution in [0.25, 0.3) is 0 Å². The van der Waals surface area contributed by atoms with Gasteiger partial charge in [-0.1, -0.05) is 96.8 Å². The lowest BCUT2D eigenvalue weighted by Crippen LogP contribution is -2.26. The number of hydrogen-bond acceptors (Lipinski definition) is 0. The Hall–Kier alpha value is -0.0700. The smallest absolute Gasteiger partial charge is 0.0894 e. The summed E-state index contributed by atoms with van der Waals surface area (Å²) in [5.41, 5.74) is 0. The molecule has 1 heteroatoms. The fraction of sp³-hybridized carbons (Fsp3) is 1.00. The zero-order valence-corrected chi connectivity index (χ0v) is 19.7. The van der Waals surface area contributed by atoms with E-state index in [4.69, 9.17) is 0 Å². The molecule has 0 nitrogen and oxygen atoms in total. The summed E-state index contributed by atoms with van der Waals surface area (Å²) in [7, 11) is 0. The molecule has 0 aromatic carbocycles. The molecular formula is C28H51F. The molecule has 0 unspecified atom stereocenters. The van der Waals surface area contributed by atoms with Gasteiger partial charge in [0, 0.05) is 0 Å². The highest BCUT2D eigenvalue weighted by atomic mass is 19.1. The molecule has 0 aromatic heterocycles. The molecule has 0 bridgehead atoms. The minimum atomic E-state index is -0.107. The Balaban J connectivity index is 1.24. The molecule has 0 saturated heterocycles. The number of halogens is 1. The molecule has 3 saturated carbocycles. The van der Waals surface area contributed by atoms with E-state index < -0.39 is 0 Å². The van der Waals surface area contributed by atoms with Gasteiger partial charge < -0.3 is 0 Å². The van der Waals surface area contributed by atoms with Crippen molar-refractivity contribution in [3.63, 3.8) is 0 Å². The maximum Gasteiger partial charge on any atom is 0.0894 e. The van der Waals surface area contributed by atoms with E-state index in [-0.39, 0.29) is 6.67 Å². The monoisotopic (exact) mass is 406 g/mol. The molecule has 0 heterocycles. The third-order valence-electron chi connectivity index (χ3n) is 9.36. The summed E-state index contributed by atoms with van der Waals surface area (Å²) < 4.78 is 12.4. The first kappa shape index (κ1) is 23.6. The standard InChI is InChI=1S/C28H51F/c1-2-3-4-6-23-8-10-25(11-9-23)12-13-26-16-20-28(21-17-26)27-18-14-24(15-19-27)7-5-22-29/h23-28H,2-22H2,1H3. The summed E-state index contributed by atoms with van der Waals surface area (Å²) in [4.78, 5) is 0. The second-order valence-corrected chi connectivity index (χ2v) is 11.4. The van der Waals surface area contributed by atoms with Crippen LogP contribution in [-0.2, 0) is 0 Å². The predicted molar refractivity (Wildman–Crippen MR) is 125 cm³/mol. The van der Waals surface area contributed by atoms with Crippen molar-refractivity contribution in [2.45, 2.75) is 135 Å². The van der Waals surface area contributed by atoms with Crippen LogP contribution < -0.4 is 0 Å². The summed E-state index contributed by atoms with van der Waals surface area (Å²) in [5, 5.41) is 0. The Bertz CT molecular complexity index is 395. The van der Waals surface area contributed by atoms with Crippen LogP contribution in [0.1, 0.15) is 135 Å². The van der Waals surface area contributed by atoms with Crippen LogP contribution in [0.2, 0.25) is 0 Å². The third kappa shape index (κ3) is 8.17. The van der Waals surface area contributed by atoms with E-state index in [0.29, 0.717) is 0 Å². The molecule has 170 valence electrons. The molecule has 3 aliphatic carbocycles. The maximum atomic E-state index is 12.4. The van der Waals surface area contributed by atoms with Crippen LogP contribution in [0.4, 0.5) is 4.39 Å². The Morgan fingerprint density at radius 3 is 1.28 bits per heavy atom. The Labute approximate surface area is 182 Å². The normalized spacial score (nSPS) is 36.2. The fourth-order valence-corrected chi connectivity index (χ4v) is 7.23. The molecule has 0 aromatic rings. The topological polar surface area (TPSA) is 0 Å². The van der Waals surface area contributed by atoms with Crippen LogP contribution in [0, 0.1) is 35.5 Å². The second kappa shape index (κ2) is 13.4. The van der Waals surface area contributed by atoms with Crippen LogP contribution >= 0.6 is 0 Å². The number of rotatable bonds is 11. The molecular weight excluding hydrogens is 355 g/mol. The van der Waals surface area contributed by atoms with E-state index in [2.05, 4.69) is 6.92 Å². The molecule has 0 aliphatic heterocycles. The van der Waals surface area contributed by atoms with Gasteiger partial charge in [0.1, 0.15) is 0 Å². The van der Waals surface area contributed by atoms with Gasteiger partial charge in [-0.3, -0.25) is 4.39 Å². The minimum Gasteiger partial charge on any atom is -0.251 e. The van der Waals surface area contributed by atoms with E-state index in [1.807, 2.05) is 0 Å². The lowest BCUT2D eigenvalue weighted by molar-refractivity contribution is 0.135. The number of unbranched alkanes of at least 4 members (excludes halogenated alkanes) is 2. The van der Waals surface area contributed by atoms with Crippen molar-refractivity contribution in [2.75, 3.05) is 6.67 Å². The van der Waals surface area contributed by atoms with Crippen molar-refractivity contribution < 1.29 is 4.39 Å². The van der Waals surface area contributed by atoms with Gasteiger partial charge in [-0.2, -0.15) is 0 Å². The van der Waals surface area contributed by atoms with Gasteiger partial charge in [0.2, 0.25) is 0 Å². The van der Waals surface area contributed by atoms with E-state index in [9.17, 15) is 4.39 Å². The first-order chi connectivity index (χ1) is 14.3. The molecule has 0 atom stereocenters. The molecule has 3 rings (SSSR count). The van der Waals surface area contributed by atoms with E-state index in [1.54, 1.807) is 0 Å². The highest BCUT2D eigenvalue weighted by molar-refractivity contribution is 4.83. The molecule has 3 aliphatic rings. The zero-order valence-electron chi connectivity index (χ0n) is 19.7. The van der Waals surface area contributed by atoms with Gasteiger partial charge in [0.25, 0.3) is 0 Å². The predicted octanol–water partition coefficient (Wildman–Crippen LogP) is 9.52. The van der Waals surface area contributed by atoms with Gasteiger partial charge in [0.15, 0.2) is 0 Å². The SMILES string of the molecule is CCCCCC1CCC(CCC2CCC(C3CCC(CCCF)CC3)CC2)CC1. The molecule has 0 radical (unpaired) electrons. The Morgan fingerprint density at radius 2 is 0.862 bits per heavy atom. The summed E-state index contributed by atoms with van der Waals surface area (Å²) in [6.07, 6.45) is 28.8. The summed E-state index contributed by atoms with van der Waals surface area (Å²) >= 11 is 0. The summed E-state index contributed by atoms with van der Waals surface area (Å²) in [6.45, 7) is 2.22. The number of hydrogen-bond donors (Lipinski definition) is 0. The lowest BCUT2D eigenvalue weighted by Gasteiger charge is -2.38. The molecule has 0 spiro atoms. The van der Waals surface area contributed by atoms with Gasteiger partial charge in [-0.05, 0) is 74.0 Å². The van der Waals surface area contributed by atoms with Gasteiger partial charge in [-0.15, -0.1) is 0 Å². The van der Waals surface area contributed by atoms with Crippen molar-refractivity contribution in [1.29, 1.82) is 0 Å². The van der Waals surface area contributed by atoms with E-state index in [0.717, 1.165) is 48.3 Å². The molecule has 3 fully saturated rings. The average Bonchev–Trinajstić information content (AvgIpc) is 2.78. The van der Waals surface area contributed by atoms with Crippen LogP contribution in [-0.4, -0.2) is 6.67 Å². The summed E-state index contributed by atoms with van der Waals surface area (Å²) in [6, 6.07) is 0. The number of alkyl halides is 1. The second-order valence-electron chi connectivity index (χ2n) is 11.4. The highest BCUT2D eigenvalue weighted by Crippen LogP contribution is 2.44. The fourth-order valence-electron chi connectivity index (χ4n) is 7.23. The highest BCUT2D eigenvalue weighted by Gasteiger charge is 2.31. The Morgan fingerprint density at radius 1 is 0.483 bits per heavy atom. The van der Waals surface area contributed by atoms with Crippen LogP contribution in [0.15, 0.2) is 0 Å². The van der Waals surface area contributed by atoms with Gasteiger partial charge in [-0.25, -0.2) is 0 Å². The van der Waals surface area contributed by atoms with Gasteiger partial charge in [0.05, 0.1) is 6.67 Å². The van der Waals surface area contributed by atoms with Crippen LogP contribution in [0.5, 0.6) is 0 Å². The average molecular weight is 407 g/mol. The van der Waals surface area contributed by atoms with Gasteiger partial charge >= 0.3 is 0 Å². The zero-order chi connectivity index (χ0) is 20.3. The first-order valence-electron chi connectivity index (χ1n) is 13.8. The summed E-state index contributed by atoms with van der Waals surface area (Å²) in [5.74, 6) is 6.08. The third-order valence-corrected chi connectivity index (χ3v) is 9.36. The van der Waals surface area contributed by atoms with Crippen molar-refractivity contribution in [2.24, 2.45) is 35.5 Å². The first-order valence-corrected chi connectivity index (χ1v) is 13.8. The molecule has 0 amide bonds. The lowest BCUT2D eigenvalue weighted by atomic mass is 9.68. The largest absolute Gasteiger partial charge is 0.251 e. The van der Waals surface area contributed by atoms with Crippen molar-refractivity contribution >= 4 is 0 Å². The van der Waals surface area contributed by atoms with Crippen molar-refractivity contribution in [3.8, 4) is 0 Å². The van der Waals surface area contributed by atoms with Crippen molar-refractivity contribution in [3.05, 3.63) is 0 Å². The van der Waals surface area contributed by atoms with E-state index in [1.165, 1.54) is 116 Å². The minimum absolute atomic E-state index is 0.107. The maximum absolute atomic E-state index is 12.4. The van der Waals surface area contributed by atoms with Crippen LogP contribution in [0.3, 0.4) is 0 Å². The van der Waals surface area contributed by atoms with E-state index >= 15 is 0 Å². The quantitative estimate of drug-likeness (QED) is 0.300.